The van der Waals surface area contributed by atoms with E-state index in [1.165, 1.54) is 4.90 Å². The molecule has 3 heterocycles. The molecule has 0 saturated carbocycles. The second-order valence-electron chi connectivity index (χ2n) is 12.5. The first-order chi connectivity index (χ1) is 20.0. The molecule has 2 aromatic rings. The number of hydrogen-bond donors (Lipinski definition) is 3. The number of benzene rings is 1. The average Bonchev–Trinajstić information content (AvgIpc) is 3.58. The van der Waals surface area contributed by atoms with Crippen molar-refractivity contribution >= 4 is 29.1 Å². The molecule has 1 aromatic heterocycles. The van der Waals surface area contributed by atoms with E-state index in [2.05, 4.69) is 26.4 Å². The Labute approximate surface area is 253 Å². The zero-order chi connectivity index (χ0) is 30.4. The van der Waals surface area contributed by atoms with Crippen molar-refractivity contribution in [3.8, 4) is 22.8 Å². The minimum Gasteiger partial charge on any atom is -0.391 e. The van der Waals surface area contributed by atoms with E-state index in [-0.39, 0.29) is 37.1 Å². The highest BCUT2D eigenvalue weighted by molar-refractivity contribution is 7.13. The molecule has 1 unspecified atom stereocenters. The van der Waals surface area contributed by atoms with Crippen LogP contribution in [0.1, 0.15) is 57.7 Å². The third kappa shape index (κ3) is 7.97. The van der Waals surface area contributed by atoms with Crippen molar-refractivity contribution in [1.29, 1.82) is 0 Å². The Morgan fingerprint density at radius 3 is 2.48 bits per heavy atom. The molecule has 0 aliphatic carbocycles. The van der Waals surface area contributed by atoms with Crippen molar-refractivity contribution in [2.24, 2.45) is 11.3 Å². The maximum absolute atomic E-state index is 13.8. The first-order valence-corrected chi connectivity index (χ1v) is 15.6. The zero-order valence-corrected chi connectivity index (χ0v) is 25.9. The van der Waals surface area contributed by atoms with Crippen molar-refractivity contribution in [2.45, 2.75) is 78.1 Å². The number of carbonyl (C=O) groups is 3. The largest absolute Gasteiger partial charge is 0.391 e. The van der Waals surface area contributed by atoms with Gasteiger partial charge in [0.2, 0.25) is 17.7 Å². The molecule has 0 spiro atoms. The predicted molar refractivity (Wildman–Crippen MR) is 164 cm³/mol. The van der Waals surface area contributed by atoms with Gasteiger partial charge in [-0.25, -0.2) is 4.98 Å². The molecule has 4 rings (SSSR count). The second-order valence-corrected chi connectivity index (χ2v) is 13.3. The number of piperidine rings is 1. The Morgan fingerprint density at radius 1 is 1.19 bits per heavy atom. The maximum atomic E-state index is 13.8. The molecule has 2 saturated heterocycles. The molecule has 3 N–H and O–H groups in total. The summed E-state index contributed by atoms with van der Waals surface area (Å²) in [6.07, 6.45) is 7.01. The lowest BCUT2D eigenvalue weighted by Crippen LogP contribution is -2.58. The average molecular weight is 594 g/mol. The number of aryl methyl sites for hydroxylation is 1. The van der Waals surface area contributed by atoms with Gasteiger partial charge in [-0.15, -0.1) is 23.7 Å². The lowest BCUT2D eigenvalue weighted by atomic mass is 9.85. The standard InChI is InChI=1S/C32H43N5O4S/c1-6-22-11-14-36(15-12-22)16-13-27(39)35-29(32(3,4)5)31(41)37-19-25(38)17-26(37)30(40)33-18-23-7-9-24(10-8-23)28-21(2)34-20-42-28/h1,7-10,20,22,25-26,29,38H,11-19H2,2-5H3,(H,33,40)(H,35,39)/t25-,26+,29?/m1/s1. The summed E-state index contributed by atoms with van der Waals surface area (Å²) in [5, 5.41) is 16.3. The van der Waals surface area contributed by atoms with Crippen LogP contribution < -0.4 is 10.6 Å². The van der Waals surface area contributed by atoms with Crippen LogP contribution in [0.3, 0.4) is 0 Å². The van der Waals surface area contributed by atoms with Crippen LogP contribution in [0.2, 0.25) is 0 Å². The smallest absolute Gasteiger partial charge is 0.246 e. The van der Waals surface area contributed by atoms with E-state index in [1.54, 1.807) is 11.3 Å². The molecule has 0 radical (unpaired) electrons. The Morgan fingerprint density at radius 2 is 1.88 bits per heavy atom. The minimum atomic E-state index is -0.833. The maximum Gasteiger partial charge on any atom is 0.246 e. The summed E-state index contributed by atoms with van der Waals surface area (Å²) in [6, 6.07) is 6.29. The van der Waals surface area contributed by atoms with Crippen molar-refractivity contribution < 1.29 is 19.5 Å². The van der Waals surface area contributed by atoms with Gasteiger partial charge in [-0.3, -0.25) is 14.4 Å². The Hall–Kier alpha value is -3.26. The number of carbonyl (C=O) groups excluding carboxylic acids is 3. The molecule has 9 nitrogen and oxygen atoms in total. The summed E-state index contributed by atoms with van der Waals surface area (Å²) in [5.74, 6) is 2.23. The first-order valence-electron chi connectivity index (χ1n) is 14.7. The number of aromatic nitrogens is 1. The SMILES string of the molecule is C#CC1CCN(CCC(=O)NC(C(=O)N2C[C@H](O)C[C@H]2C(=O)NCc2ccc(-c3scnc3C)cc2)C(C)(C)C)CC1. The number of likely N-dealkylation sites (tertiary alicyclic amines) is 2. The van der Waals surface area contributed by atoms with Gasteiger partial charge in [0.1, 0.15) is 12.1 Å². The van der Waals surface area contributed by atoms with E-state index >= 15 is 0 Å². The number of hydrogen-bond acceptors (Lipinski definition) is 7. The van der Waals surface area contributed by atoms with E-state index in [4.69, 9.17) is 6.42 Å². The molecule has 3 amide bonds. The summed E-state index contributed by atoms with van der Waals surface area (Å²) in [6.45, 7) is 10.3. The topological polar surface area (TPSA) is 115 Å². The fourth-order valence-electron chi connectivity index (χ4n) is 5.60. The van der Waals surface area contributed by atoms with E-state index in [0.717, 1.165) is 47.6 Å². The molecule has 3 atom stereocenters. The quantitative estimate of drug-likeness (QED) is 0.385. The molecule has 42 heavy (non-hydrogen) atoms. The van der Waals surface area contributed by atoms with E-state index < -0.39 is 23.6 Å². The Balaban J connectivity index is 1.34. The second kappa shape index (κ2) is 13.8. The van der Waals surface area contributed by atoms with Gasteiger partial charge in [-0.05, 0) is 49.4 Å². The van der Waals surface area contributed by atoms with Crippen LogP contribution in [0.15, 0.2) is 29.8 Å². The van der Waals surface area contributed by atoms with Gasteiger partial charge < -0.3 is 25.5 Å². The highest BCUT2D eigenvalue weighted by Gasteiger charge is 2.44. The number of aliphatic hydroxyl groups excluding tert-OH is 1. The molecule has 0 bridgehead atoms. The molecule has 2 aliphatic heterocycles. The number of β-amino-alcohol motifs (C(OH)–C–C–N with tert-alkyl or cyclic N) is 1. The monoisotopic (exact) mass is 593 g/mol. The number of thiazole rings is 1. The van der Waals surface area contributed by atoms with Crippen molar-refractivity contribution in [2.75, 3.05) is 26.2 Å². The van der Waals surface area contributed by atoms with Crippen molar-refractivity contribution in [3.63, 3.8) is 0 Å². The summed E-state index contributed by atoms with van der Waals surface area (Å²) in [4.78, 5) is 49.1. The normalized spacial score (nSPS) is 20.6. The molecular weight excluding hydrogens is 550 g/mol. The van der Waals surface area contributed by atoms with Gasteiger partial charge in [0, 0.05) is 38.4 Å². The summed E-state index contributed by atoms with van der Waals surface area (Å²) < 4.78 is 0. The number of aliphatic hydroxyl groups is 1. The molecule has 10 heteroatoms. The van der Waals surface area contributed by atoms with Gasteiger partial charge >= 0.3 is 0 Å². The summed E-state index contributed by atoms with van der Waals surface area (Å²) in [5.41, 5.74) is 4.21. The third-order valence-corrected chi connectivity index (χ3v) is 9.17. The van der Waals surface area contributed by atoms with Crippen LogP contribution in [0, 0.1) is 30.6 Å². The molecule has 2 aliphatic rings. The number of terminal acetylenes is 1. The molecule has 1 aromatic carbocycles. The Kier molecular flexibility index (Phi) is 10.4. The van der Waals surface area contributed by atoms with Gasteiger partial charge in [-0.1, -0.05) is 45.0 Å². The van der Waals surface area contributed by atoms with Crippen LogP contribution >= 0.6 is 11.3 Å². The third-order valence-electron chi connectivity index (χ3n) is 8.19. The lowest BCUT2D eigenvalue weighted by Gasteiger charge is -2.35. The highest BCUT2D eigenvalue weighted by Crippen LogP contribution is 2.28. The number of rotatable bonds is 9. The lowest BCUT2D eigenvalue weighted by molar-refractivity contribution is -0.144. The van der Waals surface area contributed by atoms with Crippen LogP contribution in [-0.4, -0.2) is 82.0 Å². The highest BCUT2D eigenvalue weighted by atomic mass is 32.1. The van der Waals surface area contributed by atoms with Gasteiger partial charge in [0.05, 0.1) is 22.2 Å². The van der Waals surface area contributed by atoms with Gasteiger partial charge in [0.15, 0.2) is 0 Å². The van der Waals surface area contributed by atoms with E-state index in [9.17, 15) is 19.5 Å². The predicted octanol–water partition coefficient (Wildman–Crippen LogP) is 2.96. The number of nitrogens with one attached hydrogen (secondary N) is 2. The zero-order valence-electron chi connectivity index (χ0n) is 25.1. The van der Waals surface area contributed by atoms with Crippen LogP contribution in [0.25, 0.3) is 10.4 Å². The summed E-state index contributed by atoms with van der Waals surface area (Å²) >= 11 is 1.59. The molecular formula is C32H43N5O4S. The minimum absolute atomic E-state index is 0.0480. The molecule has 226 valence electrons. The van der Waals surface area contributed by atoms with Crippen LogP contribution in [0.5, 0.6) is 0 Å². The number of amides is 3. The number of nitrogens with zero attached hydrogens (tertiary/aromatic N) is 3. The van der Waals surface area contributed by atoms with Gasteiger partial charge in [0.25, 0.3) is 0 Å². The fourth-order valence-corrected chi connectivity index (χ4v) is 6.41. The van der Waals surface area contributed by atoms with Crippen LogP contribution in [-0.2, 0) is 20.9 Å². The summed E-state index contributed by atoms with van der Waals surface area (Å²) in [7, 11) is 0. The fraction of sp³-hybridized carbons (Fsp3) is 0.562. The Bertz CT molecular complexity index is 1290. The van der Waals surface area contributed by atoms with E-state index in [1.807, 2.05) is 57.5 Å². The van der Waals surface area contributed by atoms with E-state index in [0.29, 0.717) is 19.0 Å². The first kappa shape index (κ1) is 31.7. The van der Waals surface area contributed by atoms with Gasteiger partial charge in [-0.2, -0.15) is 0 Å². The molecule has 2 fully saturated rings. The van der Waals surface area contributed by atoms with Crippen molar-refractivity contribution in [3.05, 3.63) is 41.0 Å². The van der Waals surface area contributed by atoms with Crippen molar-refractivity contribution in [1.82, 2.24) is 25.4 Å². The van der Waals surface area contributed by atoms with Crippen LogP contribution in [0.4, 0.5) is 0 Å².